The van der Waals surface area contributed by atoms with Gasteiger partial charge >= 0.3 is 6.18 Å². The Kier molecular flexibility index (Phi) is 6.38. The number of nitrogens with one attached hydrogen (secondary N) is 2. The van der Waals surface area contributed by atoms with Gasteiger partial charge in [-0.15, -0.1) is 0 Å². The third-order valence-electron chi connectivity index (χ3n) is 3.57. The first-order valence-electron chi connectivity index (χ1n) is 8.09. The van der Waals surface area contributed by atoms with Crippen LogP contribution in [-0.4, -0.2) is 17.4 Å². The molecule has 1 amide bonds. The van der Waals surface area contributed by atoms with Crippen molar-refractivity contribution in [2.75, 3.05) is 11.9 Å². The summed E-state index contributed by atoms with van der Waals surface area (Å²) in [4.78, 5) is 16.0. The van der Waals surface area contributed by atoms with Crippen molar-refractivity contribution in [1.29, 1.82) is 0 Å². The van der Waals surface area contributed by atoms with Crippen LogP contribution in [0.25, 0.3) is 0 Å². The first-order chi connectivity index (χ1) is 11.9. The van der Waals surface area contributed by atoms with E-state index in [2.05, 4.69) is 22.5 Å². The maximum atomic E-state index is 13.0. The maximum Gasteiger partial charge on any atom is 0.418 e. The fourth-order valence-electron chi connectivity index (χ4n) is 2.29. The van der Waals surface area contributed by atoms with Gasteiger partial charge in [-0.1, -0.05) is 31.9 Å². The predicted octanol–water partition coefficient (Wildman–Crippen LogP) is 4.76. The van der Waals surface area contributed by atoms with E-state index in [0.717, 1.165) is 25.3 Å². The van der Waals surface area contributed by atoms with E-state index in [4.69, 9.17) is 0 Å². The lowest BCUT2D eigenvalue weighted by Crippen LogP contribution is -2.25. The number of hydrogen-bond acceptors (Lipinski definition) is 3. The van der Waals surface area contributed by atoms with Crippen LogP contribution >= 0.6 is 0 Å². The number of halogens is 3. The molecule has 1 heterocycles. The molecule has 0 aliphatic carbocycles. The van der Waals surface area contributed by atoms with Gasteiger partial charge in [-0.2, -0.15) is 13.2 Å². The summed E-state index contributed by atoms with van der Waals surface area (Å²) in [5.41, 5.74) is -0.315. The Balaban J connectivity index is 2.11. The zero-order chi connectivity index (χ0) is 18.3. The molecular formula is C18H20F3N3O. The van der Waals surface area contributed by atoms with E-state index in [1.165, 1.54) is 36.5 Å². The molecule has 0 radical (unpaired) electrons. The maximum absolute atomic E-state index is 13.0. The molecule has 4 nitrogen and oxygen atoms in total. The average Bonchev–Trinajstić information content (AvgIpc) is 2.58. The summed E-state index contributed by atoms with van der Waals surface area (Å²) in [6.07, 6.45) is -0.135. The Morgan fingerprint density at radius 3 is 2.64 bits per heavy atom. The zero-order valence-corrected chi connectivity index (χ0v) is 13.9. The highest BCUT2D eigenvalue weighted by Gasteiger charge is 2.33. The Morgan fingerprint density at radius 1 is 1.16 bits per heavy atom. The van der Waals surface area contributed by atoms with Gasteiger partial charge < -0.3 is 10.6 Å². The minimum atomic E-state index is -4.46. The third kappa shape index (κ3) is 5.48. The van der Waals surface area contributed by atoms with Gasteiger partial charge in [0.1, 0.15) is 5.69 Å². The molecule has 0 atom stereocenters. The number of pyridine rings is 1. The second-order valence-electron chi connectivity index (χ2n) is 5.56. The number of hydrogen-bond donors (Lipinski definition) is 2. The van der Waals surface area contributed by atoms with Crippen LogP contribution < -0.4 is 10.6 Å². The van der Waals surface area contributed by atoms with Gasteiger partial charge in [-0.25, -0.2) is 0 Å². The largest absolute Gasteiger partial charge is 0.418 e. The van der Waals surface area contributed by atoms with E-state index >= 15 is 0 Å². The van der Waals surface area contributed by atoms with Crippen LogP contribution in [0, 0.1) is 0 Å². The van der Waals surface area contributed by atoms with Crippen LogP contribution in [-0.2, 0) is 6.18 Å². The number of unbranched alkanes of at least 4 members (excludes halogenated alkanes) is 2. The van der Waals surface area contributed by atoms with Crippen LogP contribution in [0.5, 0.6) is 0 Å². The standard InChI is InChI=1S/C18H20F3N3O/c1-2-3-6-10-23-17(25)16-12-13(9-11-22-16)24-15-8-5-4-7-14(15)18(19,20)21/h4-5,7-9,11-12H,2-3,6,10H2,1H3,(H,22,24)(H,23,25). The molecule has 1 aromatic carbocycles. The number of benzene rings is 1. The van der Waals surface area contributed by atoms with Gasteiger partial charge in [0.15, 0.2) is 0 Å². The first kappa shape index (κ1) is 18.8. The number of amides is 1. The quantitative estimate of drug-likeness (QED) is 0.707. The van der Waals surface area contributed by atoms with Gasteiger partial charge in [0.05, 0.1) is 11.3 Å². The molecule has 0 bridgehead atoms. The lowest BCUT2D eigenvalue weighted by molar-refractivity contribution is -0.136. The van der Waals surface area contributed by atoms with Crippen LogP contribution in [0.4, 0.5) is 24.5 Å². The first-order valence-corrected chi connectivity index (χ1v) is 8.09. The second-order valence-corrected chi connectivity index (χ2v) is 5.56. The average molecular weight is 351 g/mol. The van der Waals surface area contributed by atoms with Gasteiger partial charge in [0, 0.05) is 18.4 Å². The van der Waals surface area contributed by atoms with E-state index in [-0.39, 0.29) is 17.3 Å². The highest BCUT2D eigenvalue weighted by molar-refractivity contribution is 5.93. The number of rotatable bonds is 7. The molecule has 0 saturated heterocycles. The van der Waals surface area contributed by atoms with E-state index in [1.807, 2.05) is 0 Å². The van der Waals surface area contributed by atoms with Crippen LogP contribution in [0.15, 0.2) is 42.6 Å². The number of carbonyl (C=O) groups is 1. The van der Waals surface area contributed by atoms with Gasteiger partial charge in [0.2, 0.25) is 0 Å². The monoisotopic (exact) mass is 351 g/mol. The molecule has 2 aromatic rings. The normalized spacial score (nSPS) is 11.2. The Hall–Kier alpha value is -2.57. The molecule has 0 fully saturated rings. The molecule has 2 rings (SSSR count). The summed E-state index contributed by atoms with van der Waals surface area (Å²) >= 11 is 0. The smallest absolute Gasteiger partial charge is 0.355 e. The summed E-state index contributed by atoms with van der Waals surface area (Å²) in [6, 6.07) is 8.14. The molecule has 0 unspecified atom stereocenters. The summed E-state index contributed by atoms with van der Waals surface area (Å²) in [5.74, 6) is -0.344. The summed E-state index contributed by atoms with van der Waals surface area (Å²) in [6.45, 7) is 2.61. The van der Waals surface area contributed by atoms with Gasteiger partial charge in [-0.3, -0.25) is 9.78 Å². The summed E-state index contributed by atoms with van der Waals surface area (Å²) < 4.78 is 39.1. The summed E-state index contributed by atoms with van der Waals surface area (Å²) in [5, 5.41) is 5.46. The molecule has 7 heteroatoms. The molecule has 0 aliphatic rings. The highest BCUT2D eigenvalue weighted by atomic mass is 19.4. The number of alkyl halides is 3. The number of para-hydroxylation sites is 1. The van der Waals surface area contributed by atoms with Crippen molar-refractivity contribution in [2.24, 2.45) is 0 Å². The molecule has 0 aliphatic heterocycles. The lowest BCUT2D eigenvalue weighted by Gasteiger charge is -2.14. The number of nitrogens with zero attached hydrogens (tertiary/aromatic N) is 1. The Labute approximate surface area is 144 Å². The van der Waals surface area contributed by atoms with E-state index in [9.17, 15) is 18.0 Å². The third-order valence-corrected chi connectivity index (χ3v) is 3.57. The number of anilines is 2. The molecule has 1 aromatic heterocycles. The Bertz CT molecular complexity index is 717. The van der Waals surface area contributed by atoms with Gasteiger partial charge in [-0.05, 0) is 30.7 Å². The Morgan fingerprint density at radius 2 is 1.92 bits per heavy atom. The molecule has 2 N–H and O–H groups in total. The molecular weight excluding hydrogens is 331 g/mol. The van der Waals surface area contributed by atoms with Crippen molar-refractivity contribution in [3.8, 4) is 0 Å². The topological polar surface area (TPSA) is 54.0 Å². The number of carbonyl (C=O) groups excluding carboxylic acids is 1. The van der Waals surface area contributed by atoms with Crippen molar-refractivity contribution >= 4 is 17.3 Å². The minimum Gasteiger partial charge on any atom is -0.355 e. The van der Waals surface area contributed by atoms with Crippen molar-refractivity contribution in [2.45, 2.75) is 32.4 Å². The fraction of sp³-hybridized carbons (Fsp3) is 0.333. The van der Waals surface area contributed by atoms with Crippen LogP contribution in [0.2, 0.25) is 0 Å². The van der Waals surface area contributed by atoms with E-state index < -0.39 is 11.7 Å². The SMILES string of the molecule is CCCCCNC(=O)c1cc(Nc2ccccc2C(F)(F)F)ccn1. The number of aromatic nitrogens is 1. The van der Waals surface area contributed by atoms with Crippen LogP contribution in [0.3, 0.4) is 0 Å². The fourth-order valence-corrected chi connectivity index (χ4v) is 2.29. The van der Waals surface area contributed by atoms with E-state index in [0.29, 0.717) is 12.2 Å². The molecule has 0 saturated carbocycles. The minimum absolute atomic E-state index is 0.0736. The second kappa shape index (κ2) is 8.50. The van der Waals surface area contributed by atoms with Gasteiger partial charge in [0.25, 0.3) is 5.91 Å². The molecule has 134 valence electrons. The summed E-state index contributed by atoms with van der Waals surface area (Å²) in [7, 11) is 0. The molecule has 0 spiro atoms. The predicted molar refractivity (Wildman–Crippen MR) is 90.8 cm³/mol. The van der Waals surface area contributed by atoms with E-state index in [1.54, 1.807) is 0 Å². The van der Waals surface area contributed by atoms with Crippen molar-refractivity contribution in [1.82, 2.24) is 10.3 Å². The van der Waals surface area contributed by atoms with Crippen molar-refractivity contribution in [3.63, 3.8) is 0 Å². The lowest BCUT2D eigenvalue weighted by atomic mass is 10.1. The van der Waals surface area contributed by atoms with Crippen molar-refractivity contribution < 1.29 is 18.0 Å². The zero-order valence-electron chi connectivity index (χ0n) is 13.9. The van der Waals surface area contributed by atoms with Crippen molar-refractivity contribution in [3.05, 3.63) is 53.9 Å². The highest BCUT2D eigenvalue weighted by Crippen LogP contribution is 2.35. The van der Waals surface area contributed by atoms with Crippen LogP contribution in [0.1, 0.15) is 42.2 Å². The molecule has 25 heavy (non-hydrogen) atoms.